The van der Waals surface area contributed by atoms with E-state index in [1.807, 2.05) is 66.7 Å². The number of carbonyl (C=O) groups excluding carboxylic acids is 2. The van der Waals surface area contributed by atoms with Crippen molar-refractivity contribution in [1.82, 2.24) is 15.6 Å². The summed E-state index contributed by atoms with van der Waals surface area (Å²) < 4.78 is 17.6. The Morgan fingerprint density at radius 2 is 1.74 bits per heavy atom. The molecule has 0 aliphatic carbocycles. The van der Waals surface area contributed by atoms with Gasteiger partial charge in [0.25, 0.3) is 0 Å². The molecule has 0 radical (unpaired) electrons. The Morgan fingerprint density at radius 3 is 2.44 bits per heavy atom. The van der Waals surface area contributed by atoms with E-state index in [1.165, 1.54) is 0 Å². The van der Waals surface area contributed by atoms with E-state index in [9.17, 15) is 14.7 Å². The number of nitrogens with zero attached hydrogens (tertiary/aromatic N) is 1. The third kappa shape index (κ3) is 8.79. The Bertz CT molecular complexity index is 1190. The summed E-state index contributed by atoms with van der Waals surface area (Å²) in [4.78, 5) is 27.7. The first kappa shape index (κ1) is 28.6. The Kier molecular flexibility index (Phi) is 10.7. The first-order valence-corrected chi connectivity index (χ1v) is 13.8. The summed E-state index contributed by atoms with van der Waals surface area (Å²) in [5.41, 5.74) is 3.64. The Balaban J connectivity index is 1.39. The van der Waals surface area contributed by atoms with E-state index in [-0.39, 0.29) is 32.0 Å². The molecule has 4 rings (SSSR count). The maximum Gasteiger partial charge on any atom is 0.325 e. The smallest absolute Gasteiger partial charge is 0.325 e. The highest BCUT2D eigenvalue weighted by Crippen LogP contribution is 2.39. The number of aliphatic hydroxyl groups is 1. The molecule has 1 fully saturated rings. The molecule has 3 aromatic rings. The molecule has 2 amide bonds. The van der Waals surface area contributed by atoms with E-state index in [4.69, 9.17) is 14.2 Å². The van der Waals surface area contributed by atoms with Crippen molar-refractivity contribution in [3.8, 4) is 0 Å². The molecule has 1 aliphatic rings. The van der Waals surface area contributed by atoms with Crippen LogP contribution in [0.2, 0.25) is 0 Å². The number of carbonyl (C=O) groups is 2. The molecule has 0 bridgehead atoms. The number of thioether (sulfide) groups is 1. The number of aliphatic hydroxyl groups excluding tert-OH is 1. The van der Waals surface area contributed by atoms with Crippen molar-refractivity contribution in [2.75, 3.05) is 18.9 Å². The van der Waals surface area contributed by atoms with Crippen LogP contribution in [0.4, 0.5) is 4.79 Å². The van der Waals surface area contributed by atoms with Gasteiger partial charge in [-0.05, 0) is 35.7 Å². The lowest BCUT2D eigenvalue weighted by Crippen LogP contribution is -2.38. The molecule has 1 saturated heterocycles. The van der Waals surface area contributed by atoms with Crippen molar-refractivity contribution >= 4 is 23.8 Å². The van der Waals surface area contributed by atoms with Crippen LogP contribution in [0.15, 0.2) is 78.0 Å². The number of urea groups is 1. The highest BCUT2D eigenvalue weighted by Gasteiger charge is 2.32. The van der Waals surface area contributed by atoms with Crippen LogP contribution < -0.4 is 10.6 Å². The van der Waals surface area contributed by atoms with Gasteiger partial charge < -0.3 is 30.0 Å². The summed E-state index contributed by atoms with van der Waals surface area (Å²) in [5, 5.41) is 15.5. The van der Waals surface area contributed by atoms with Gasteiger partial charge in [-0.1, -0.05) is 54.6 Å². The number of esters is 1. The fourth-order valence-corrected chi connectivity index (χ4v) is 4.92. The van der Waals surface area contributed by atoms with Gasteiger partial charge in [-0.3, -0.25) is 4.79 Å². The first-order chi connectivity index (χ1) is 19.0. The van der Waals surface area contributed by atoms with Gasteiger partial charge in [0.2, 0.25) is 0 Å². The predicted molar refractivity (Wildman–Crippen MR) is 147 cm³/mol. The van der Waals surface area contributed by atoms with E-state index >= 15 is 0 Å². The van der Waals surface area contributed by atoms with Crippen LogP contribution in [0, 0.1) is 0 Å². The minimum absolute atomic E-state index is 0.00482. The van der Waals surface area contributed by atoms with Crippen molar-refractivity contribution in [3.05, 3.63) is 95.2 Å². The topological polar surface area (TPSA) is 119 Å². The lowest BCUT2D eigenvalue weighted by Gasteiger charge is -2.36. The molecule has 2 heterocycles. The fraction of sp³-hybridized carbons (Fsp3) is 0.345. The van der Waals surface area contributed by atoms with Crippen LogP contribution >= 0.6 is 11.8 Å². The second-order valence-electron chi connectivity index (χ2n) is 8.91. The highest BCUT2D eigenvalue weighted by atomic mass is 32.2. The van der Waals surface area contributed by atoms with Gasteiger partial charge in [-0.2, -0.15) is 0 Å². The number of hydrogen-bond donors (Lipinski definition) is 3. The van der Waals surface area contributed by atoms with Gasteiger partial charge in [0.1, 0.15) is 6.54 Å². The van der Waals surface area contributed by atoms with Crippen LogP contribution in [0.3, 0.4) is 0 Å². The van der Waals surface area contributed by atoms with Gasteiger partial charge in [0.05, 0.1) is 30.4 Å². The summed E-state index contributed by atoms with van der Waals surface area (Å²) in [6, 6.07) is 20.9. The molecule has 39 heavy (non-hydrogen) atoms. The molecule has 206 valence electrons. The van der Waals surface area contributed by atoms with E-state index in [0.717, 1.165) is 33.0 Å². The quantitative estimate of drug-likeness (QED) is 0.239. The largest absolute Gasteiger partial charge is 0.465 e. The third-order valence-electron chi connectivity index (χ3n) is 6.07. The van der Waals surface area contributed by atoms with E-state index in [2.05, 4.69) is 15.6 Å². The van der Waals surface area contributed by atoms with Crippen LogP contribution in [-0.4, -0.2) is 47.1 Å². The van der Waals surface area contributed by atoms with Crippen molar-refractivity contribution in [1.29, 1.82) is 0 Å². The second kappa shape index (κ2) is 14.6. The maximum atomic E-state index is 12.0. The van der Waals surface area contributed by atoms with Gasteiger partial charge >= 0.3 is 12.0 Å². The third-order valence-corrected chi connectivity index (χ3v) is 7.15. The van der Waals surface area contributed by atoms with Crippen LogP contribution in [0.5, 0.6) is 0 Å². The van der Waals surface area contributed by atoms with Crippen molar-refractivity contribution < 1.29 is 28.9 Å². The number of pyridine rings is 1. The summed E-state index contributed by atoms with van der Waals surface area (Å²) in [5.74, 6) is 0.245. The zero-order valence-electron chi connectivity index (χ0n) is 21.7. The fourth-order valence-electron chi connectivity index (χ4n) is 4.04. The van der Waals surface area contributed by atoms with Crippen molar-refractivity contribution in [3.63, 3.8) is 0 Å². The number of nitrogens with one attached hydrogen (secondary N) is 2. The number of hydrogen-bond acceptors (Lipinski definition) is 8. The van der Waals surface area contributed by atoms with E-state index < -0.39 is 18.3 Å². The summed E-state index contributed by atoms with van der Waals surface area (Å²) in [6.45, 7) is 2.09. The molecule has 3 N–H and O–H groups in total. The first-order valence-electron chi connectivity index (χ1n) is 12.8. The van der Waals surface area contributed by atoms with Crippen molar-refractivity contribution in [2.24, 2.45) is 0 Å². The SMILES string of the molecule is CCOC(=O)CNC(=O)NCc1ccc([C@@H]2O[C@H](CSc3ccccn3)C[C@H](c3ccc(CO)cc3)O2)cc1. The molecule has 0 saturated carbocycles. The van der Waals surface area contributed by atoms with E-state index in [0.29, 0.717) is 13.0 Å². The summed E-state index contributed by atoms with van der Waals surface area (Å²) in [6.07, 6.45) is 1.67. The number of rotatable bonds is 11. The lowest BCUT2D eigenvalue weighted by atomic mass is 10.0. The standard InChI is InChI=1S/C29H33N3O6S/c1-2-36-27(34)17-32-29(35)31-16-20-6-12-23(13-7-20)28-37-24(19-39-26-5-3-4-14-30-26)15-25(38-28)22-10-8-21(18-33)9-11-22/h3-14,24-25,28,33H,2,15-19H2,1H3,(H2,31,32,35)/t24-,25+,28+/m0/s1. The average Bonchev–Trinajstić information content (AvgIpc) is 2.99. The zero-order chi connectivity index (χ0) is 27.5. The minimum atomic E-state index is -0.564. The highest BCUT2D eigenvalue weighted by molar-refractivity contribution is 7.99. The van der Waals surface area contributed by atoms with Crippen molar-refractivity contribution in [2.45, 2.75) is 50.0 Å². The van der Waals surface area contributed by atoms with Crippen LogP contribution in [0.25, 0.3) is 0 Å². The Morgan fingerprint density at radius 1 is 1.00 bits per heavy atom. The summed E-state index contributed by atoms with van der Waals surface area (Å²) in [7, 11) is 0. The van der Waals surface area contributed by atoms with Crippen LogP contribution in [0.1, 0.15) is 48.0 Å². The predicted octanol–water partition coefficient (Wildman–Crippen LogP) is 4.27. The molecule has 2 aromatic carbocycles. The molecule has 0 unspecified atom stereocenters. The molecule has 9 nitrogen and oxygen atoms in total. The molecule has 1 aromatic heterocycles. The molecule has 0 spiro atoms. The number of amides is 2. The molecule has 3 atom stereocenters. The van der Waals surface area contributed by atoms with Gasteiger partial charge in [0.15, 0.2) is 6.29 Å². The molecular formula is C29H33N3O6S. The van der Waals surface area contributed by atoms with Gasteiger partial charge in [-0.15, -0.1) is 11.8 Å². The van der Waals surface area contributed by atoms with Gasteiger partial charge in [0, 0.05) is 30.5 Å². The zero-order valence-corrected chi connectivity index (χ0v) is 22.6. The lowest BCUT2D eigenvalue weighted by molar-refractivity contribution is -0.245. The summed E-state index contributed by atoms with van der Waals surface area (Å²) >= 11 is 1.65. The molecule has 10 heteroatoms. The molecule has 1 aliphatic heterocycles. The van der Waals surface area contributed by atoms with E-state index in [1.54, 1.807) is 24.9 Å². The number of benzene rings is 2. The Labute approximate surface area is 232 Å². The minimum Gasteiger partial charge on any atom is -0.465 e. The molecular weight excluding hydrogens is 518 g/mol. The Hall–Kier alpha value is -3.44. The second-order valence-corrected chi connectivity index (χ2v) is 9.95. The maximum absolute atomic E-state index is 12.0. The van der Waals surface area contributed by atoms with Crippen LogP contribution in [-0.2, 0) is 32.2 Å². The number of ether oxygens (including phenoxy) is 3. The monoisotopic (exact) mass is 551 g/mol. The number of aromatic nitrogens is 1. The van der Waals surface area contributed by atoms with Gasteiger partial charge in [-0.25, -0.2) is 9.78 Å². The normalized spacial score (nSPS) is 18.8. The average molecular weight is 552 g/mol.